The lowest BCUT2D eigenvalue weighted by Crippen LogP contribution is -2.31. The number of benzene rings is 4. The third-order valence-electron chi connectivity index (χ3n) is 8.10. The van der Waals surface area contributed by atoms with Crippen LogP contribution >= 0.6 is 0 Å². The summed E-state index contributed by atoms with van der Waals surface area (Å²) >= 11 is 0. The second-order valence-electron chi connectivity index (χ2n) is 12.1. The number of nitrogens with two attached hydrogens (primary N) is 3. The van der Waals surface area contributed by atoms with Crippen LogP contribution in [0.4, 0.5) is 5.69 Å². The lowest BCUT2D eigenvalue weighted by atomic mass is 10.0. The Morgan fingerprint density at radius 3 is 1.92 bits per heavy atom. The van der Waals surface area contributed by atoms with Gasteiger partial charge < -0.3 is 27.3 Å². The number of hydrogen-bond donors (Lipinski definition) is 4. The molecule has 282 valence electrons. The summed E-state index contributed by atoms with van der Waals surface area (Å²) in [6.07, 6.45) is 6.22. The van der Waals surface area contributed by atoms with Gasteiger partial charge in [-0.05, 0) is 94.1 Å². The predicted octanol–water partition coefficient (Wildman–Crippen LogP) is 8.62. The Kier molecular flexibility index (Phi) is 22.7. The zero-order valence-electron chi connectivity index (χ0n) is 31.1. The van der Waals surface area contributed by atoms with Crippen LogP contribution in [0.15, 0.2) is 115 Å². The first-order valence-electron chi connectivity index (χ1n) is 18.0. The number of allylic oxidation sites excluding steroid dienone is 1. The number of fused-ring (bicyclic) bond motifs is 1. The fraction of sp³-hybridized carbons (Fsp3) is 0.364. The molecule has 7 N–H and O–H groups in total. The lowest BCUT2D eigenvalue weighted by Gasteiger charge is -2.17. The van der Waals surface area contributed by atoms with E-state index in [0.29, 0.717) is 24.2 Å². The molecule has 0 fully saturated rings. The number of nitrogen functional groups attached to an aromatic ring is 1. The highest BCUT2D eigenvalue weighted by Gasteiger charge is 2.34. The van der Waals surface area contributed by atoms with E-state index < -0.39 is 0 Å². The van der Waals surface area contributed by atoms with Gasteiger partial charge in [0.25, 0.3) is 11.8 Å². The van der Waals surface area contributed by atoms with Crippen molar-refractivity contribution in [1.82, 2.24) is 10.2 Å². The molecule has 52 heavy (non-hydrogen) atoms. The van der Waals surface area contributed by atoms with Crippen molar-refractivity contribution in [3.05, 3.63) is 138 Å². The van der Waals surface area contributed by atoms with E-state index in [-0.39, 0.29) is 25.3 Å². The van der Waals surface area contributed by atoms with Crippen molar-refractivity contribution in [2.45, 2.75) is 79.4 Å². The number of nitrogens with one attached hydrogen (secondary N) is 1. The molecule has 0 radical (unpaired) electrons. The first-order chi connectivity index (χ1) is 24.8. The molecule has 0 spiro atoms. The number of ether oxygens (including phenoxy) is 1. The van der Waals surface area contributed by atoms with Crippen molar-refractivity contribution in [3.63, 3.8) is 0 Å². The normalized spacial score (nSPS) is 11.7. The summed E-state index contributed by atoms with van der Waals surface area (Å²) in [5.41, 5.74) is 22.6. The maximum atomic E-state index is 12.3. The van der Waals surface area contributed by atoms with Crippen LogP contribution < -0.4 is 22.5 Å². The number of unbranched alkanes of at least 4 members (excludes halogenated alkanes) is 1. The Morgan fingerprint density at radius 1 is 0.788 bits per heavy atom. The summed E-state index contributed by atoms with van der Waals surface area (Å²) in [5.74, 6) is 0.465. The summed E-state index contributed by atoms with van der Waals surface area (Å²) in [7, 11) is 1.50. The second-order valence-corrected chi connectivity index (χ2v) is 12.1. The van der Waals surface area contributed by atoms with Crippen LogP contribution in [0.5, 0.6) is 0 Å². The Morgan fingerprint density at radius 2 is 1.37 bits per heavy atom. The average molecular weight is 710 g/mol. The van der Waals surface area contributed by atoms with Crippen molar-refractivity contribution < 1.29 is 14.3 Å². The van der Waals surface area contributed by atoms with Gasteiger partial charge in [0.05, 0.1) is 23.0 Å². The average Bonchev–Trinajstić information content (AvgIpc) is 3.40. The number of aryl methyl sites for hydroxylation is 1. The van der Waals surface area contributed by atoms with Crippen molar-refractivity contribution in [2.24, 2.45) is 11.5 Å². The highest BCUT2D eigenvalue weighted by molar-refractivity contribution is 6.21. The number of para-hydroxylation sites is 1. The topological polar surface area (TPSA) is 137 Å². The van der Waals surface area contributed by atoms with E-state index in [1.54, 1.807) is 24.3 Å². The van der Waals surface area contributed by atoms with E-state index in [1.165, 1.54) is 28.6 Å². The number of hydrogen-bond acceptors (Lipinski definition) is 7. The van der Waals surface area contributed by atoms with Crippen molar-refractivity contribution in [1.29, 1.82) is 0 Å². The highest BCUT2D eigenvalue weighted by atomic mass is 16.5. The zero-order valence-corrected chi connectivity index (χ0v) is 31.1. The van der Waals surface area contributed by atoms with Crippen LogP contribution in [0.2, 0.25) is 0 Å². The quantitative estimate of drug-likeness (QED) is 0.0420. The van der Waals surface area contributed by atoms with Gasteiger partial charge in [-0.1, -0.05) is 119 Å². The summed E-state index contributed by atoms with van der Waals surface area (Å²) in [5, 5.41) is 3.43. The van der Waals surface area contributed by atoms with Gasteiger partial charge in [-0.15, -0.1) is 0 Å². The van der Waals surface area contributed by atoms with Crippen molar-refractivity contribution in [3.8, 4) is 11.1 Å². The molecule has 1 unspecified atom stereocenters. The van der Waals surface area contributed by atoms with Crippen molar-refractivity contribution in [2.75, 3.05) is 32.4 Å². The molecular weight excluding hydrogens is 647 g/mol. The number of carbonyl (C=O) groups is 2. The minimum absolute atomic E-state index is 0. The second kappa shape index (κ2) is 26.1. The number of imide groups is 1. The van der Waals surface area contributed by atoms with Gasteiger partial charge in [0.15, 0.2) is 0 Å². The molecule has 0 saturated heterocycles. The molecule has 1 aliphatic rings. The fourth-order valence-electron chi connectivity index (χ4n) is 5.59. The number of amides is 2. The molecule has 1 heterocycles. The Hall–Kier alpha value is -4.76. The zero-order chi connectivity index (χ0) is 37.4. The monoisotopic (exact) mass is 709 g/mol. The summed E-state index contributed by atoms with van der Waals surface area (Å²) < 4.78 is 5.46. The standard InChI is InChI=1S/C21H24N2O2.C12H11N.C9H19NO.CH5N.CH4/c1-2-16-8-7-9-17(14-16)15-22-12-5-6-13-23-20(24)18-10-3-4-11-19(18)21(23)25;13-12-9-5-4-8-11(12)10-6-2-1-3-7-10;1-4-5-9(6-7-10)11-8(2)3;1-2;/h3-4,7-11,14,22H,2,5-6,12-13,15H2,1H3;1-9H,13H2;9H,2,4-7,10H2,1,3H3;2H2,1H3;1H4. The first kappa shape index (κ1) is 45.3. The lowest BCUT2D eigenvalue weighted by molar-refractivity contribution is 0.0651. The van der Waals surface area contributed by atoms with Gasteiger partial charge in [0, 0.05) is 24.3 Å². The van der Waals surface area contributed by atoms with Crippen LogP contribution in [0.1, 0.15) is 92.1 Å². The molecule has 0 bridgehead atoms. The minimum atomic E-state index is -0.162. The largest absolute Gasteiger partial charge is 0.496 e. The summed E-state index contributed by atoms with van der Waals surface area (Å²) in [4.78, 5) is 25.9. The van der Waals surface area contributed by atoms with E-state index in [9.17, 15) is 9.59 Å². The highest BCUT2D eigenvalue weighted by Crippen LogP contribution is 2.25. The molecule has 8 nitrogen and oxygen atoms in total. The molecule has 2 amide bonds. The van der Waals surface area contributed by atoms with E-state index in [4.69, 9.17) is 16.2 Å². The van der Waals surface area contributed by atoms with Gasteiger partial charge >= 0.3 is 0 Å². The molecule has 8 heteroatoms. The molecule has 0 aliphatic carbocycles. The third kappa shape index (κ3) is 15.2. The predicted molar refractivity (Wildman–Crippen MR) is 220 cm³/mol. The van der Waals surface area contributed by atoms with Crippen LogP contribution in [0.25, 0.3) is 11.1 Å². The van der Waals surface area contributed by atoms with Gasteiger partial charge in [-0.3, -0.25) is 14.5 Å². The van der Waals surface area contributed by atoms with Crippen molar-refractivity contribution >= 4 is 17.5 Å². The first-order valence-corrected chi connectivity index (χ1v) is 18.0. The Balaban J connectivity index is 0.000000422. The smallest absolute Gasteiger partial charge is 0.261 e. The molecule has 1 atom stereocenters. The van der Waals surface area contributed by atoms with Gasteiger partial charge in [-0.25, -0.2) is 0 Å². The summed E-state index contributed by atoms with van der Waals surface area (Å²) in [6.45, 7) is 12.8. The maximum Gasteiger partial charge on any atom is 0.261 e. The summed E-state index contributed by atoms with van der Waals surface area (Å²) in [6, 6.07) is 33.7. The van der Waals surface area contributed by atoms with Crippen LogP contribution in [-0.2, 0) is 17.7 Å². The van der Waals surface area contributed by atoms with Crippen LogP contribution in [-0.4, -0.2) is 49.5 Å². The van der Waals surface area contributed by atoms with Crippen LogP contribution in [0, 0.1) is 0 Å². The van der Waals surface area contributed by atoms with E-state index >= 15 is 0 Å². The van der Waals surface area contributed by atoms with Gasteiger partial charge in [-0.2, -0.15) is 0 Å². The molecule has 1 aliphatic heterocycles. The van der Waals surface area contributed by atoms with Gasteiger partial charge in [0.2, 0.25) is 0 Å². The van der Waals surface area contributed by atoms with E-state index in [0.717, 1.165) is 68.6 Å². The minimum Gasteiger partial charge on any atom is -0.496 e. The number of nitrogens with zero attached hydrogens (tertiary/aromatic N) is 1. The van der Waals surface area contributed by atoms with E-state index in [1.807, 2.05) is 49.4 Å². The third-order valence-corrected chi connectivity index (χ3v) is 8.10. The Bertz CT molecular complexity index is 1570. The molecule has 4 aromatic rings. The Labute approximate surface area is 313 Å². The van der Waals surface area contributed by atoms with Gasteiger partial charge in [0.1, 0.15) is 0 Å². The number of carbonyl (C=O) groups excluding carboxylic acids is 2. The SMILES string of the molecule is C.C=C(C)OC(CCC)CCN.CCc1cccc(CNCCCCN2C(=O)c3ccccc3C2=O)c1.CN.Nc1ccccc1-c1ccccc1. The number of rotatable bonds is 15. The molecule has 0 saturated carbocycles. The molecule has 0 aromatic heterocycles. The van der Waals surface area contributed by atoms with Crippen LogP contribution in [0.3, 0.4) is 0 Å². The van der Waals surface area contributed by atoms with E-state index in [2.05, 4.69) is 67.9 Å². The molecule has 4 aromatic carbocycles. The maximum absolute atomic E-state index is 12.3. The number of anilines is 1. The molecular formula is C44H63N5O3. The molecule has 5 rings (SSSR count). The fourth-order valence-corrected chi connectivity index (χ4v) is 5.59.